The molecule has 0 atom stereocenters. The minimum atomic E-state index is -0.199. The average Bonchev–Trinajstić information content (AvgIpc) is 3.15. The van der Waals surface area contributed by atoms with Crippen LogP contribution in [0.3, 0.4) is 0 Å². The molecule has 0 saturated heterocycles. The molecule has 0 spiro atoms. The van der Waals surface area contributed by atoms with Gasteiger partial charge in [-0.25, -0.2) is 4.98 Å². The SMILES string of the molecule is Cc1cc(C(=O)Nc2nc(-c3ccncc3)cs2)n(C(C)C)n1. The molecular weight excluding hydrogens is 310 g/mol. The van der Waals surface area contributed by atoms with Crippen LogP contribution in [0, 0.1) is 6.92 Å². The zero-order valence-corrected chi connectivity index (χ0v) is 14.0. The van der Waals surface area contributed by atoms with Crippen molar-refractivity contribution >= 4 is 22.4 Å². The van der Waals surface area contributed by atoms with Crippen molar-refractivity contribution in [2.45, 2.75) is 26.8 Å². The first-order chi connectivity index (χ1) is 11.0. The van der Waals surface area contributed by atoms with Crippen LogP contribution >= 0.6 is 11.3 Å². The Hall–Kier alpha value is -2.54. The van der Waals surface area contributed by atoms with E-state index in [-0.39, 0.29) is 11.9 Å². The molecule has 0 bridgehead atoms. The van der Waals surface area contributed by atoms with Crippen LogP contribution in [0.4, 0.5) is 5.13 Å². The zero-order chi connectivity index (χ0) is 16.4. The monoisotopic (exact) mass is 327 g/mol. The number of amides is 1. The highest BCUT2D eigenvalue weighted by Gasteiger charge is 2.17. The minimum absolute atomic E-state index is 0.119. The van der Waals surface area contributed by atoms with Crippen LogP contribution in [0.2, 0.25) is 0 Å². The first kappa shape index (κ1) is 15.4. The van der Waals surface area contributed by atoms with Crippen molar-refractivity contribution in [3.8, 4) is 11.3 Å². The summed E-state index contributed by atoms with van der Waals surface area (Å²) in [5.41, 5.74) is 3.15. The Morgan fingerprint density at radius 3 is 2.74 bits per heavy atom. The second-order valence-corrected chi connectivity index (χ2v) is 6.30. The zero-order valence-electron chi connectivity index (χ0n) is 13.1. The van der Waals surface area contributed by atoms with E-state index in [1.54, 1.807) is 23.1 Å². The Kier molecular flexibility index (Phi) is 4.20. The lowest BCUT2D eigenvalue weighted by Gasteiger charge is -2.09. The molecule has 0 saturated carbocycles. The van der Waals surface area contributed by atoms with Crippen molar-refractivity contribution in [1.29, 1.82) is 0 Å². The summed E-state index contributed by atoms with van der Waals surface area (Å²) < 4.78 is 1.72. The molecule has 23 heavy (non-hydrogen) atoms. The van der Waals surface area contributed by atoms with Gasteiger partial charge in [-0.15, -0.1) is 11.3 Å². The first-order valence-electron chi connectivity index (χ1n) is 7.28. The molecule has 118 valence electrons. The van der Waals surface area contributed by atoms with Crippen molar-refractivity contribution in [1.82, 2.24) is 19.7 Å². The second-order valence-electron chi connectivity index (χ2n) is 5.44. The van der Waals surface area contributed by atoms with E-state index in [4.69, 9.17) is 0 Å². The van der Waals surface area contributed by atoms with Gasteiger partial charge in [0, 0.05) is 29.4 Å². The molecular formula is C16H17N5OS. The average molecular weight is 327 g/mol. The summed E-state index contributed by atoms with van der Waals surface area (Å²) in [5.74, 6) is -0.199. The lowest BCUT2D eigenvalue weighted by atomic mass is 10.2. The fourth-order valence-electron chi connectivity index (χ4n) is 2.23. The van der Waals surface area contributed by atoms with Crippen molar-refractivity contribution in [3.05, 3.63) is 47.4 Å². The number of nitrogens with one attached hydrogen (secondary N) is 1. The molecule has 0 unspecified atom stereocenters. The fourth-order valence-corrected chi connectivity index (χ4v) is 2.94. The van der Waals surface area contributed by atoms with Crippen LogP contribution in [0.5, 0.6) is 0 Å². The molecule has 6 nitrogen and oxygen atoms in total. The molecule has 3 heterocycles. The fraction of sp³-hybridized carbons (Fsp3) is 0.250. The van der Waals surface area contributed by atoms with Gasteiger partial charge in [-0.1, -0.05) is 0 Å². The van der Waals surface area contributed by atoms with Gasteiger partial charge in [-0.2, -0.15) is 5.10 Å². The van der Waals surface area contributed by atoms with Crippen LogP contribution in [-0.4, -0.2) is 25.7 Å². The summed E-state index contributed by atoms with van der Waals surface area (Å²) in [7, 11) is 0. The third kappa shape index (κ3) is 3.29. The van der Waals surface area contributed by atoms with E-state index >= 15 is 0 Å². The Bertz CT molecular complexity index is 822. The summed E-state index contributed by atoms with van der Waals surface area (Å²) in [6.45, 7) is 5.86. The van der Waals surface area contributed by atoms with E-state index in [9.17, 15) is 4.79 Å². The number of nitrogens with zero attached hydrogens (tertiary/aromatic N) is 4. The second kappa shape index (κ2) is 6.29. The number of pyridine rings is 1. The lowest BCUT2D eigenvalue weighted by Crippen LogP contribution is -2.18. The van der Waals surface area contributed by atoms with Gasteiger partial charge < -0.3 is 0 Å². The molecule has 1 N–H and O–H groups in total. The third-order valence-corrected chi connectivity index (χ3v) is 4.04. The van der Waals surface area contributed by atoms with Gasteiger partial charge in [0.2, 0.25) is 0 Å². The van der Waals surface area contributed by atoms with Gasteiger partial charge in [0.25, 0.3) is 5.91 Å². The standard InChI is InChI=1S/C16H17N5OS/c1-10(2)21-14(8-11(3)20-21)15(22)19-16-18-13(9-23-16)12-4-6-17-7-5-12/h4-10H,1-3H3,(H,18,19,22). The molecule has 3 aromatic rings. The summed E-state index contributed by atoms with van der Waals surface area (Å²) in [6.07, 6.45) is 3.44. The van der Waals surface area contributed by atoms with Gasteiger partial charge in [0.05, 0.1) is 11.4 Å². The minimum Gasteiger partial charge on any atom is -0.296 e. The predicted molar refractivity (Wildman–Crippen MR) is 90.6 cm³/mol. The quantitative estimate of drug-likeness (QED) is 0.795. The van der Waals surface area contributed by atoms with Gasteiger partial charge >= 0.3 is 0 Å². The van der Waals surface area contributed by atoms with Crippen LogP contribution in [0.1, 0.15) is 36.1 Å². The Balaban J connectivity index is 1.80. The molecule has 1 amide bonds. The molecule has 7 heteroatoms. The van der Waals surface area contributed by atoms with Gasteiger partial charge in [0.1, 0.15) is 5.69 Å². The van der Waals surface area contributed by atoms with Crippen LogP contribution < -0.4 is 5.32 Å². The van der Waals surface area contributed by atoms with Gasteiger partial charge in [-0.3, -0.25) is 19.8 Å². The van der Waals surface area contributed by atoms with E-state index in [2.05, 4.69) is 20.4 Å². The molecule has 3 aromatic heterocycles. The third-order valence-electron chi connectivity index (χ3n) is 3.28. The highest BCUT2D eigenvalue weighted by Crippen LogP contribution is 2.25. The molecule has 0 aliphatic carbocycles. The first-order valence-corrected chi connectivity index (χ1v) is 8.16. The number of carbonyl (C=O) groups excluding carboxylic acids is 1. The van der Waals surface area contributed by atoms with E-state index in [1.165, 1.54) is 11.3 Å². The molecule has 3 rings (SSSR count). The number of hydrogen-bond donors (Lipinski definition) is 1. The molecule has 0 fully saturated rings. The molecule has 0 aliphatic rings. The number of hydrogen-bond acceptors (Lipinski definition) is 5. The Morgan fingerprint density at radius 1 is 1.30 bits per heavy atom. The highest BCUT2D eigenvalue weighted by molar-refractivity contribution is 7.14. The number of thiazole rings is 1. The van der Waals surface area contributed by atoms with E-state index in [0.717, 1.165) is 17.0 Å². The summed E-state index contributed by atoms with van der Waals surface area (Å²) in [5, 5.41) is 9.68. The van der Waals surface area contributed by atoms with Crippen LogP contribution in [-0.2, 0) is 0 Å². The van der Waals surface area contributed by atoms with Crippen LogP contribution in [0.25, 0.3) is 11.3 Å². The Labute approximate surface area is 138 Å². The van der Waals surface area contributed by atoms with Crippen molar-refractivity contribution in [2.24, 2.45) is 0 Å². The molecule has 0 radical (unpaired) electrons. The van der Waals surface area contributed by atoms with Crippen molar-refractivity contribution in [3.63, 3.8) is 0 Å². The molecule has 0 aliphatic heterocycles. The summed E-state index contributed by atoms with van der Waals surface area (Å²) >= 11 is 1.40. The van der Waals surface area contributed by atoms with Crippen LogP contribution in [0.15, 0.2) is 36.0 Å². The van der Waals surface area contributed by atoms with E-state index < -0.39 is 0 Å². The normalized spacial score (nSPS) is 11.0. The highest BCUT2D eigenvalue weighted by atomic mass is 32.1. The smallest absolute Gasteiger partial charge is 0.275 e. The predicted octanol–water partition coefficient (Wildman–Crippen LogP) is 3.54. The van der Waals surface area contributed by atoms with E-state index in [0.29, 0.717) is 10.8 Å². The molecule has 0 aromatic carbocycles. The van der Waals surface area contributed by atoms with Crippen molar-refractivity contribution < 1.29 is 4.79 Å². The Morgan fingerprint density at radius 2 is 2.04 bits per heavy atom. The van der Waals surface area contributed by atoms with Gasteiger partial charge in [-0.05, 0) is 39.0 Å². The maximum atomic E-state index is 12.5. The number of carbonyl (C=O) groups is 1. The number of aromatic nitrogens is 4. The van der Waals surface area contributed by atoms with Gasteiger partial charge in [0.15, 0.2) is 5.13 Å². The number of anilines is 1. The van der Waals surface area contributed by atoms with Crippen molar-refractivity contribution in [2.75, 3.05) is 5.32 Å². The maximum absolute atomic E-state index is 12.5. The summed E-state index contributed by atoms with van der Waals surface area (Å²) in [6, 6.07) is 5.68. The largest absolute Gasteiger partial charge is 0.296 e. The number of rotatable bonds is 4. The topological polar surface area (TPSA) is 72.7 Å². The number of aryl methyl sites for hydroxylation is 1. The maximum Gasteiger partial charge on any atom is 0.275 e. The summed E-state index contributed by atoms with van der Waals surface area (Å²) in [4.78, 5) is 20.9. The lowest BCUT2D eigenvalue weighted by molar-refractivity contribution is 0.101. The van der Waals surface area contributed by atoms with E-state index in [1.807, 2.05) is 38.3 Å².